The van der Waals surface area contributed by atoms with E-state index in [1.807, 2.05) is 32.0 Å². The first-order chi connectivity index (χ1) is 14.3. The van der Waals surface area contributed by atoms with Crippen LogP contribution in [-0.4, -0.2) is 35.5 Å². The standard InChI is InChI=1S/C21H23N7O2/c1-12(2)14-5-6-15-16(9-14)20(13(3)4)26-27(21(15)30)10-19(29)23-17-7-8-18-24-22-11-28(18)25-17/h5-9,11-13H,10H2,1-4H3,(H,23,25,29). The Labute approximate surface area is 172 Å². The largest absolute Gasteiger partial charge is 0.308 e. The fourth-order valence-electron chi connectivity index (χ4n) is 3.33. The monoisotopic (exact) mass is 405 g/mol. The predicted octanol–water partition coefficient (Wildman–Crippen LogP) is 2.72. The molecule has 154 valence electrons. The molecule has 30 heavy (non-hydrogen) atoms. The number of carbonyl (C=O) groups excluding carboxylic acids is 1. The minimum Gasteiger partial charge on any atom is -0.308 e. The van der Waals surface area contributed by atoms with Crippen molar-refractivity contribution in [2.75, 3.05) is 5.32 Å². The third-order valence-corrected chi connectivity index (χ3v) is 4.95. The first kappa shape index (κ1) is 19.7. The SMILES string of the molecule is CC(C)c1ccc2c(=O)n(CC(=O)Nc3ccc4nncn4n3)nc(C(C)C)c2c1. The summed E-state index contributed by atoms with van der Waals surface area (Å²) in [6, 6.07) is 9.15. The molecule has 1 amide bonds. The van der Waals surface area contributed by atoms with E-state index in [9.17, 15) is 9.59 Å². The zero-order valence-corrected chi connectivity index (χ0v) is 17.3. The molecule has 9 nitrogen and oxygen atoms in total. The molecule has 0 spiro atoms. The van der Waals surface area contributed by atoms with E-state index in [1.165, 1.54) is 15.5 Å². The summed E-state index contributed by atoms with van der Waals surface area (Å²) in [5.41, 5.74) is 2.23. The highest BCUT2D eigenvalue weighted by Crippen LogP contribution is 2.25. The lowest BCUT2D eigenvalue weighted by atomic mass is 9.96. The molecule has 0 unspecified atom stereocenters. The van der Waals surface area contributed by atoms with Gasteiger partial charge in [-0.3, -0.25) is 9.59 Å². The number of fused-ring (bicyclic) bond motifs is 2. The number of rotatable bonds is 5. The van der Waals surface area contributed by atoms with Crippen LogP contribution in [0.1, 0.15) is 50.8 Å². The molecule has 0 aliphatic heterocycles. The van der Waals surface area contributed by atoms with Crippen molar-refractivity contribution in [3.8, 4) is 0 Å². The Balaban J connectivity index is 1.67. The predicted molar refractivity (Wildman–Crippen MR) is 114 cm³/mol. The van der Waals surface area contributed by atoms with Crippen LogP contribution >= 0.6 is 0 Å². The van der Waals surface area contributed by atoms with Crippen LogP contribution in [0.2, 0.25) is 0 Å². The van der Waals surface area contributed by atoms with Gasteiger partial charge in [0.1, 0.15) is 12.9 Å². The number of nitrogens with one attached hydrogen (secondary N) is 1. The van der Waals surface area contributed by atoms with Gasteiger partial charge < -0.3 is 5.32 Å². The van der Waals surface area contributed by atoms with Crippen LogP contribution in [-0.2, 0) is 11.3 Å². The summed E-state index contributed by atoms with van der Waals surface area (Å²) in [4.78, 5) is 25.6. The smallest absolute Gasteiger partial charge is 0.275 e. The van der Waals surface area contributed by atoms with E-state index in [-0.39, 0.29) is 18.0 Å². The maximum absolute atomic E-state index is 13.0. The van der Waals surface area contributed by atoms with Gasteiger partial charge in [-0.1, -0.05) is 33.8 Å². The fraction of sp³-hybridized carbons (Fsp3) is 0.333. The van der Waals surface area contributed by atoms with Gasteiger partial charge in [0.05, 0.1) is 11.1 Å². The lowest BCUT2D eigenvalue weighted by Crippen LogP contribution is -2.31. The molecule has 0 radical (unpaired) electrons. The molecule has 4 aromatic rings. The quantitative estimate of drug-likeness (QED) is 0.547. The van der Waals surface area contributed by atoms with Crippen molar-refractivity contribution in [3.05, 3.63) is 58.3 Å². The maximum Gasteiger partial charge on any atom is 0.275 e. The highest BCUT2D eigenvalue weighted by atomic mass is 16.2. The van der Waals surface area contributed by atoms with Crippen LogP contribution in [0.3, 0.4) is 0 Å². The number of hydrogen-bond acceptors (Lipinski definition) is 6. The molecule has 3 heterocycles. The second-order valence-electron chi connectivity index (χ2n) is 7.86. The molecule has 3 aromatic heterocycles. The van der Waals surface area contributed by atoms with Gasteiger partial charge >= 0.3 is 0 Å². The molecule has 0 aliphatic rings. The van der Waals surface area contributed by atoms with Gasteiger partial charge in [-0.25, -0.2) is 4.68 Å². The average Bonchev–Trinajstić information content (AvgIpc) is 3.17. The number of amides is 1. The highest BCUT2D eigenvalue weighted by molar-refractivity contribution is 5.90. The van der Waals surface area contributed by atoms with Crippen molar-refractivity contribution in [2.45, 2.75) is 46.1 Å². The molecule has 4 rings (SSSR count). The first-order valence-electron chi connectivity index (χ1n) is 9.85. The molecular formula is C21H23N7O2. The van der Waals surface area contributed by atoms with E-state index in [2.05, 4.69) is 39.6 Å². The summed E-state index contributed by atoms with van der Waals surface area (Å²) >= 11 is 0. The zero-order chi connectivity index (χ0) is 21.4. The molecular weight excluding hydrogens is 382 g/mol. The van der Waals surface area contributed by atoms with Crippen LogP contribution in [0.4, 0.5) is 5.82 Å². The normalized spacial score (nSPS) is 11.7. The molecule has 1 aromatic carbocycles. The van der Waals surface area contributed by atoms with E-state index in [4.69, 9.17) is 0 Å². The Bertz CT molecular complexity index is 1300. The second kappa shape index (κ2) is 7.66. The second-order valence-corrected chi connectivity index (χ2v) is 7.86. The van der Waals surface area contributed by atoms with Gasteiger partial charge in [-0.15, -0.1) is 15.3 Å². The van der Waals surface area contributed by atoms with Crippen molar-refractivity contribution >= 4 is 28.1 Å². The van der Waals surface area contributed by atoms with Crippen LogP contribution in [0.5, 0.6) is 0 Å². The average molecular weight is 405 g/mol. The molecule has 0 bridgehead atoms. The Hall–Kier alpha value is -3.62. The molecule has 0 fully saturated rings. The van der Waals surface area contributed by atoms with Gasteiger partial charge in [-0.05, 0) is 41.7 Å². The summed E-state index contributed by atoms with van der Waals surface area (Å²) in [7, 11) is 0. The van der Waals surface area contributed by atoms with Crippen molar-refractivity contribution < 1.29 is 4.79 Å². The third-order valence-electron chi connectivity index (χ3n) is 4.95. The molecule has 0 atom stereocenters. The van der Waals surface area contributed by atoms with E-state index in [1.54, 1.807) is 12.1 Å². The van der Waals surface area contributed by atoms with Crippen molar-refractivity contribution in [1.29, 1.82) is 0 Å². The van der Waals surface area contributed by atoms with Crippen LogP contribution in [0.15, 0.2) is 41.5 Å². The minimum absolute atomic E-state index is 0.0997. The van der Waals surface area contributed by atoms with Crippen molar-refractivity contribution in [1.82, 2.24) is 29.6 Å². The fourth-order valence-corrected chi connectivity index (χ4v) is 3.33. The number of hydrogen-bond donors (Lipinski definition) is 1. The summed E-state index contributed by atoms with van der Waals surface area (Å²) < 4.78 is 2.68. The molecule has 9 heteroatoms. The summed E-state index contributed by atoms with van der Waals surface area (Å²) in [5, 5.41) is 20.5. The number of anilines is 1. The first-order valence-corrected chi connectivity index (χ1v) is 9.85. The van der Waals surface area contributed by atoms with Crippen molar-refractivity contribution in [2.24, 2.45) is 0 Å². The topological polar surface area (TPSA) is 107 Å². The number of benzene rings is 1. The third kappa shape index (κ3) is 3.66. The van der Waals surface area contributed by atoms with E-state index in [0.29, 0.717) is 22.8 Å². The highest BCUT2D eigenvalue weighted by Gasteiger charge is 2.16. The molecule has 0 saturated heterocycles. The van der Waals surface area contributed by atoms with Gasteiger partial charge in [0.2, 0.25) is 5.91 Å². The van der Waals surface area contributed by atoms with Crippen LogP contribution < -0.4 is 10.9 Å². The van der Waals surface area contributed by atoms with Crippen molar-refractivity contribution in [3.63, 3.8) is 0 Å². The lowest BCUT2D eigenvalue weighted by Gasteiger charge is -2.15. The summed E-state index contributed by atoms with van der Waals surface area (Å²) in [6.45, 7) is 8.07. The van der Waals surface area contributed by atoms with Gasteiger partial charge in [0.15, 0.2) is 11.5 Å². The van der Waals surface area contributed by atoms with E-state index in [0.717, 1.165) is 16.6 Å². The lowest BCUT2D eigenvalue weighted by molar-refractivity contribution is -0.117. The Kier molecular flexibility index (Phi) is 5.03. The van der Waals surface area contributed by atoms with E-state index < -0.39 is 5.91 Å². The number of aromatic nitrogens is 6. The summed E-state index contributed by atoms with van der Waals surface area (Å²) in [6.07, 6.45) is 1.45. The minimum atomic E-state index is -0.391. The Morgan fingerprint density at radius 3 is 2.57 bits per heavy atom. The van der Waals surface area contributed by atoms with Gasteiger partial charge in [0.25, 0.3) is 5.56 Å². The molecule has 0 aliphatic carbocycles. The van der Waals surface area contributed by atoms with Gasteiger partial charge in [-0.2, -0.15) is 9.61 Å². The maximum atomic E-state index is 13.0. The summed E-state index contributed by atoms with van der Waals surface area (Å²) in [5.74, 6) is 0.393. The Morgan fingerprint density at radius 1 is 1.03 bits per heavy atom. The van der Waals surface area contributed by atoms with Gasteiger partial charge in [0, 0.05) is 5.39 Å². The molecule has 0 saturated carbocycles. The number of carbonyl (C=O) groups is 1. The Morgan fingerprint density at radius 2 is 1.83 bits per heavy atom. The van der Waals surface area contributed by atoms with Crippen LogP contribution in [0, 0.1) is 0 Å². The number of nitrogens with zero attached hydrogens (tertiary/aromatic N) is 6. The van der Waals surface area contributed by atoms with E-state index >= 15 is 0 Å². The van der Waals surface area contributed by atoms with Crippen LogP contribution in [0.25, 0.3) is 16.4 Å². The zero-order valence-electron chi connectivity index (χ0n) is 17.3. The molecule has 1 N–H and O–H groups in total.